The van der Waals surface area contributed by atoms with Gasteiger partial charge in [0, 0.05) is 12.1 Å². The van der Waals surface area contributed by atoms with Gasteiger partial charge in [-0.25, -0.2) is 14.5 Å². The number of urea groups is 2. The predicted octanol–water partition coefficient (Wildman–Crippen LogP) is 1.12. The molecule has 2 saturated carbocycles. The Hall–Kier alpha value is -2.45. The van der Waals surface area contributed by atoms with Crippen molar-refractivity contribution in [2.75, 3.05) is 6.54 Å². The molecule has 0 aromatic carbocycles. The predicted molar refractivity (Wildman–Crippen MR) is 94.3 cm³/mol. The molecular weight excluding hydrogens is 352 g/mol. The Labute approximate surface area is 157 Å². The summed E-state index contributed by atoms with van der Waals surface area (Å²) in [6, 6.07) is -1.69. The number of hydrogen-bond acceptors (Lipinski definition) is 5. The molecule has 1 saturated heterocycles. The SMILES string of the molecule is C[C@@H]1CCCC[C@@H]1NC(=O)NC(=O)CN1C(=O)C(=O)N(C2CCCC2)C1=O. The van der Waals surface area contributed by atoms with E-state index in [1.165, 1.54) is 0 Å². The normalized spacial score (nSPS) is 26.6. The summed E-state index contributed by atoms with van der Waals surface area (Å²) in [7, 11) is 0. The standard InChI is InChI=1S/C18H26N4O5/c1-11-6-2-5-9-13(11)19-17(26)20-14(23)10-21-15(24)16(25)22(18(21)27)12-7-3-4-8-12/h11-13H,2-10H2,1H3,(H2,19,20,23,26)/t11-,13+/m1/s1. The van der Waals surface area contributed by atoms with E-state index in [0.717, 1.165) is 43.4 Å². The lowest BCUT2D eigenvalue weighted by Crippen LogP contribution is -2.50. The molecule has 148 valence electrons. The van der Waals surface area contributed by atoms with Crippen LogP contribution in [0.1, 0.15) is 58.3 Å². The van der Waals surface area contributed by atoms with Crippen molar-refractivity contribution in [1.82, 2.24) is 20.4 Å². The van der Waals surface area contributed by atoms with Gasteiger partial charge in [0.1, 0.15) is 6.54 Å². The van der Waals surface area contributed by atoms with Crippen molar-refractivity contribution >= 4 is 29.8 Å². The molecule has 0 aromatic rings. The van der Waals surface area contributed by atoms with Gasteiger partial charge in [-0.3, -0.25) is 24.6 Å². The van der Waals surface area contributed by atoms with E-state index in [9.17, 15) is 24.0 Å². The molecule has 0 unspecified atom stereocenters. The molecule has 0 bridgehead atoms. The largest absolute Gasteiger partial charge is 0.335 e. The second-order valence-electron chi connectivity index (χ2n) is 7.68. The fraction of sp³-hybridized carbons (Fsp3) is 0.722. The molecule has 9 heteroatoms. The molecule has 3 aliphatic rings. The van der Waals surface area contributed by atoms with E-state index in [1.54, 1.807) is 0 Å². The van der Waals surface area contributed by atoms with Gasteiger partial charge >= 0.3 is 23.9 Å². The molecule has 9 nitrogen and oxygen atoms in total. The van der Waals surface area contributed by atoms with Gasteiger partial charge in [-0.1, -0.05) is 32.6 Å². The molecule has 7 amide bonds. The number of carbonyl (C=O) groups excluding carboxylic acids is 5. The van der Waals surface area contributed by atoms with Gasteiger partial charge in [-0.15, -0.1) is 0 Å². The Bertz CT molecular complexity index is 658. The molecule has 0 radical (unpaired) electrons. The monoisotopic (exact) mass is 378 g/mol. The molecule has 0 spiro atoms. The van der Waals surface area contributed by atoms with Crippen molar-refractivity contribution in [3.8, 4) is 0 Å². The lowest BCUT2D eigenvalue weighted by atomic mass is 9.86. The number of carbonyl (C=O) groups is 5. The number of hydrogen-bond donors (Lipinski definition) is 2. The zero-order valence-corrected chi connectivity index (χ0v) is 15.5. The van der Waals surface area contributed by atoms with Gasteiger partial charge in [0.2, 0.25) is 5.91 Å². The summed E-state index contributed by atoms with van der Waals surface area (Å²) in [5.74, 6) is -2.36. The van der Waals surface area contributed by atoms with E-state index in [4.69, 9.17) is 0 Å². The van der Waals surface area contributed by atoms with Crippen LogP contribution in [0.4, 0.5) is 9.59 Å². The van der Waals surface area contributed by atoms with Gasteiger partial charge in [-0.2, -0.15) is 0 Å². The Morgan fingerprint density at radius 1 is 0.963 bits per heavy atom. The molecule has 27 heavy (non-hydrogen) atoms. The van der Waals surface area contributed by atoms with Crippen molar-refractivity contribution < 1.29 is 24.0 Å². The Morgan fingerprint density at radius 2 is 1.59 bits per heavy atom. The number of amides is 7. The van der Waals surface area contributed by atoms with Gasteiger partial charge in [0.25, 0.3) is 0 Å². The average Bonchev–Trinajstić information content (AvgIpc) is 3.20. The maximum atomic E-state index is 12.4. The lowest BCUT2D eigenvalue weighted by molar-refractivity contribution is -0.144. The first kappa shape index (κ1) is 19.3. The molecule has 0 aromatic heterocycles. The highest BCUT2D eigenvalue weighted by molar-refractivity contribution is 6.45. The van der Waals surface area contributed by atoms with Crippen molar-refractivity contribution in [1.29, 1.82) is 0 Å². The first-order valence-corrected chi connectivity index (χ1v) is 9.68. The van der Waals surface area contributed by atoms with E-state index < -0.39 is 36.3 Å². The third-order valence-corrected chi connectivity index (χ3v) is 5.76. The number of imide groups is 3. The first-order chi connectivity index (χ1) is 12.9. The van der Waals surface area contributed by atoms with Crippen molar-refractivity contribution in [3.05, 3.63) is 0 Å². The highest BCUT2D eigenvalue weighted by atomic mass is 16.2. The second kappa shape index (κ2) is 8.06. The quantitative estimate of drug-likeness (QED) is 0.562. The topological polar surface area (TPSA) is 116 Å². The number of nitrogens with zero attached hydrogens (tertiary/aromatic N) is 2. The third-order valence-electron chi connectivity index (χ3n) is 5.76. The number of rotatable bonds is 4. The molecule has 3 rings (SSSR count). The fourth-order valence-corrected chi connectivity index (χ4v) is 4.19. The minimum Gasteiger partial charge on any atom is -0.335 e. The smallest absolute Gasteiger partial charge is 0.334 e. The van der Waals surface area contributed by atoms with Crippen molar-refractivity contribution in [2.24, 2.45) is 5.92 Å². The molecule has 1 heterocycles. The van der Waals surface area contributed by atoms with Crippen LogP contribution in [0.2, 0.25) is 0 Å². The zero-order valence-electron chi connectivity index (χ0n) is 15.5. The molecule has 2 N–H and O–H groups in total. The van der Waals surface area contributed by atoms with Crippen LogP contribution in [0, 0.1) is 5.92 Å². The van der Waals surface area contributed by atoms with Gasteiger partial charge in [0.15, 0.2) is 0 Å². The second-order valence-corrected chi connectivity index (χ2v) is 7.68. The highest BCUT2D eigenvalue weighted by Crippen LogP contribution is 2.27. The zero-order chi connectivity index (χ0) is 19.6. The van der Waals surface area contributed by atoms with E-state index in [0.29, 0.717) is 23.7 Å². The van der Waals surface area contributed by atoms with E-state index in [1.807, 2.05) is 0 Å². The third kappa shape index (κ3) is 4.12. The Morgan fingerprint density at radius 3 is 2.26 bits per heavy atom. The summed E-state index contributed by atoms with van der Waals surface area (Å²) in [6.07, 6.45) is 7.18. The lowest BCUT2D eigenvalue weighted by Gasteiger charge is -2.29. The van der Waals surface area contributed by atoms with Crippen LogP contribution >= 0.6 is 0 Å². The van der Waals surface area contributed by atoms with E-state index in [2.05, 4.69) is 17.6 Å². The first-order valence-electron chi connectivity index (χ1n) is 9.68. The highest BCUT2D eigenvalue weighted by Gasteiger charge is 2.48. The van der Waals surface area contributed by atoms with Crippen LogP contribution in [0.3, 0.4) is 0 Å². The molecule has 2 aliphatic carbocycles. The van der Waals surface area contributed by atoms with Gasteiger partial charge < -0.3 is 5.32 Å². The maximum Gasteiger partial charge on any atom is 0.334 e. The molecule has 3 fully saturated rings. The molecule has 2 atom stereocenters. The van der Waals surface area contributed by atoms with Crippen LogP contribution in [-0.2, 0) is 14.4 Å². The minimum atomic E-state index is -1.01. The number of nitrogens with one attached hydrogen (secondary N) is 2. The summed E-state index contributed by atoms with van der Waals surface area (Å²) in [5, 5.41) is 4.92. The average molecular weight is 378 g/mol. The summed E-state index contributed by atoms with van der Waals surface area (Å²) < 4.78 is 0. The molecular formula is C18H26N4O5. The van der Waals surface area contributed by atoms with Gasteiger partial charge in [-0.05, 0) is 31.6 Å². The van der Waals surface area contributed by atoms with Crippen molar-refractivity contribution in [3.63, 3.8) is 0 Å². The summed E-state index contributed by atoms with van der Waals surface area (Å²) in [4.78, 5) is 62.4. The van der Waals surface area contributed by atoms with Crippen LogP contribution in [-0.4, -0.2) is 58.2 Å². The van der Waals surface area contributed by atoms with E-state index >= 15 is 0 Å². The Kier molecular flexibility index (Phi) is 5.76. The summed E-state index contributed by atoms with van der Waals surface area (Å²) in [5.41, 5.74) is 0. The summed E-state index contributed by atoms with van der Waals surface area (Å²) >= 11 is 0. The van der Waals surface area contributed by atoms with Crippen LogP contribution in [0.25, 0.3) is 0 Å². The summed E-state index contributed by atoms with van der Waals surface area (Å²) in [6.45, 7) is 1.41. The minimum absolute atomic E-state index is 0.000960. The van der Waals surface area contributed by atoms with Gasteiger partial charge in [0.05, 0.1) is 0 Å². The fourth-order valence-electron chi connectivity index (χ4n) is 4.19. The van der Waals surface area contributed by atoms with E-state index in [-0.39, 0.29) is 12.1 Å². The van der Waals surface area contributed by atoms with Crippen LogP contribution in [0.5, 0.6) is 0 Å². The van der Waals surface area contributed by atoms with Crippen LogP contribution in [0.15, 0.2) is 0 Å². The maximum absolute atomic E-state index is 12.4. The Balaban J connectivity index is 1.53. The van der Waals surface area contributed by atoms with Crippen LogP contribution < -0.4 is 10.6 Å². The van der Waals surface area contributed by atoms with Crippen molar-refractivity contribution in [2.45, 2.75) is 70.4 Å². The molecule has 1 aliphatic heterocycles.